The van der Waals surface area contributed by atoms with Gasteiger partial charge in [0.2, 0.25) is 0 Å². The summed E-state index contributed by atoms with van der Waals surface area (Å²) in [5, 5.41) is 11.1. The number of nitro groups is 1. The number of rotatable bonds is 5. The molecule has 0 saturated carbocycles. The average molecular weight is 282 g/mol. The van der Waals surface area contributed by atoms with Gasteiger partial charge in [0, 0.05) is 29.9 Å². The van der Waals surface area contributed by atoms with Gasteiger partial charge < -0.3 is 4.74 Å². The molecule has 0 amide bonds. The summed E-state index contributed by atoms with van der Waals surface area (Å²) in [7, 11) is 1.60. The number of hydrogen-bond donors (Lipinski definition) is 0. The minimum absolute atomic E-state index is 0.105. The van der Waals surface area contributed by atoms with Gasteiger partial charge in [-0.1, -0.05) is 23.2 Å². The Bertz CT molecular complexity index is 377. The van der Waals surface area contributed by atoms with Crippen molar-refractivity contribution in [1.82, 2.24) is 0 Å². The van der Waals surface area contributed by atoms with Crippen LogP contribution in [0.25, 0.3) is 0 Å². The second-order valence-corrected chi connectivity index (χ2v) is 4.76. The molecule has 0 N–H and O–H groups in total. The average Bonchev–Trinajstić information content (AvgIpc) is 2.21. The second kappa shape index (κ2) is 6.30. The molecule has 0 spiro atoms. The summed E-state index contributed by atoms with van der Waals surface area (Å²) in [6.07, 6.45) is 0. The standard InChI is InChI=1S/C9H9Cl2NO3S/c1-15-2-3-16-9-7(10)4-6(12(13)14)5-8(9)11/h4-5H,2-3H2,1H3. The van der Waals surface area contributed by atoms with E-state index >= 15 is 0 Å². The van der Waals surface area contributed by atoms with Crippen LogP contribution in [0.5, 0.6) is 0 Å². The lowest BCUT2D eigenvalue weighted by Crippen LogP contribution is -1.93. The monoisotopic (exact) mass is 281 g/mol. The molecule has 0 aliphatic heterocycles. The van der Waals surface area contributed by atoms with Crippen LogP contribution >= 0.6 is 35.0 Å². The Morgan fingerprint density at radius 2 is 2.00 bits per heavy atom. The van der Waals surface area contributed by atoms with Gasteiger partial charge in [0.05, 0.1) is 21.6 Å². The zero-order valence-electron chi connectivity index (χ0n) is 8.41. The molecule has 0 radical (unpaired) electrons. The largest absolute Gasteiger partial charge is 0.384 e. The second-order valence-electron chi connectivity index (χ2n) is 2.84. The molecule has 16 heavy (non-hydrogen) atoms. The van der Waals surface area contributed by atoms with E-state index in [1.807, 2.05) is 0 Å². The van der Waals surface area contributed by atoms with Crippen LogP contribution in [0.3, 0.4) is 0 Å². The van der Waals surface area contributed by atoms with Crippen LogP contribution in [0.15, 0.2) is 17.0 Å². The van der Waals surface area contributed by atoms with Crippen LogP contribution in [0, 0.1) is 10.1 Å². The van der Waals surface area contributed by atoms with Crippen LogP contribution in [-0.4, -0.2) is 24.4 Å². The van der Waals surface area contributed by atoms with Crippen molar-refractivity contribution in [1.29, 1.82) is 0 Å². The quantitative estimate of drug-likeness (QED) is 0.358. The summed E-state index contributed by atoms with van der Waals surface area (Å²) in [6, 6.07) is 2.59. The number of thioether (sulfide) groups is 1. The third-order valence-corrected chi connectivity index (χ3v) is 3.65. The maximum absolute atomic E-state index is 10.5. The summed E-state index contributed by atoms with van der Waals surface area (Å²) >= 11 is 13.2. The van der Waals surface area contributed by atoms with E-state index in [1.54, 1.807) is 7.11 Å². The lowest BCUT2D eigenvalue weighted by atomic mass is 10.3. The van der Waals surface area contributed by atoms with E-state index in [9.17, 15) is 10.1 Å². The Hall–Kier alpha value is -0.490. The molecule has 0 aliphatic rings. The Labute approximate surface area is 107 Å². The molecule has 0 atom stereocenters. The highest BCUT2D eigenvalue weighted by Gasteiger charge is 2.14. The van der Waals surface area contributed by atoms with Crippen LogP contribution in [0.1, 0.15) is 0 Å². The van der Waals surface area contributed by atoms with Crippen molar-refractivity contribution in [3.8, 4) is 0 Å². The van der Waals surface area contributed by atoms with Crippen molar-refractivity contribution in [2.75, 3.05) is 19.5 Å². The summed E-state index contributed by atoms with van der Waals surface area (Å²) in [4.78, 5) is 10.7. The van der Waals surface area contributed by atoms with E-state index in [-0.39, 0.29) is 5.69 Å². The van der Waals surface area contributed by atoms with E-state index in [4.69, 9.17) is 27.9 Å². The Morgan fingerprint density at radius 3 is 2.44 bits per heavy atom. The topological polar surface area (TPSA) is 52.4 Å². The smallest absolute Gasteiger partial charge is 0.272 e. The number of nitro benzene ring substituents is 1. The van der Waals surface area contributed by atoms with E-state index in [2.05, 4.69) is 0 Å². The van der Waals surface area contributed by atoms with Crippen molar-refractivity contribution in [3.63, 3.8) is 0 Å². The SMILES string of the molecule is COCCSc1c(Cl)cc([N+](=O)[O-])cc1Cl. The van der Waals surface area contributed by atoms with Crippen molar-refractivity contribution in [3.05, 3.63) is 32.3 Å². The molecular formula is C9H9Cl2NO3S. The third-order valence-electron chi connectivity index (χ3n) is 1.73. The third kappa shape index (κ3) is 3.52. The van der Waals surface area contributed by atoms with E-state index < -0.39 is 4.92 Å². The number of halogens is 2. The van der Waals surface area contributed by atoms with E-state index in [1.165, 1.54) is 23.9 Å². The molecule has 1 aromatic rings. The molecular weight excluding hydrogens is 273 g/mol. The van der Waals surface area contributed by atoms with Crippen molar-refractivity contribution in [2.24, 2.45) is 0 Å². The summed E-state index contributed by atoms with van der Waals surface area (Å²) < 4.78 is 4.89. The number of methoxy groups -OCH3 is 1. The van der Waals surface area contributed by atoms with Gasteiger partial charge in [-0.15, -0.1) is 11.8 Å². The highest BCUT2D eigenvalue weighted by Crippen LogP contribution is 2.37. The first kappa shape index (κ1) is 13.6. The first-order valence-electron chi connectivity index (χ1n) is 4.31. The van der Waals surface area contributed by atoms with Gasteiger partial charge in [-0.05, 0) is 0 Å². The number of benzene rings is 1. The van der Waals surface area contributed by atoms with Gasteiger partial charge in [0.1, 0.15) is 0 Å². The van der Waals surface area contributed by atoms with Gasteiger partial charge in [-0.3, -0.25) is 10.1 Å². The molecule has 1 aromatic carbocycles. The van der Waals surface area contributed by atoms with Gasteiger partial charge in [-0.2, -0.15) is 0 Å². The normalized spacial score (nSPS) is 10.4. The molecule has 1 rings (SSSR count). The lowest BCUT2D eigenvalue weighted by Gasteiger charge is -2.06. The molecule has 7 heteroatoms. The Kier molecular flexibility index (Phi) is 5.34. The molecule has 88 valence electrons. The van der Waals surface area contributed by atoms with Crippen LogP contribution in [0.4, 0.5) is 5.69 Å². The van der Waals surface area contributed by atoms with E-state index in [0.717, 1.165) is 0 Å². The van der Waals surface area contributed by atoms with Crippen LogP contribution in [-0.2, 0) is 4.74 Å². The Balaban J connectivity index is 2.89. The molecule has 0 aliphatic carbocycles. The molecule has 0 aromatic heterocycles. The molecule has 0 heterocycles. The fourth-order valence-corrected chi connectivity index (χ4v) is 2.67. The minimum atomic E-state index is -0.526. The lowest BCUT2D eigenvalue weighted by molar-refractivity contribution is -0.384. The minimum Gasteiger partial charge on any atom is -0.384 e. The maximum Gasteiger partial charge on any atom is 0.272 e. The zero-order chi connectivity index (χ0) is 12.1. The summed E-state index contributed by atoms with van der Waals surface area (Å²) in [5.41, 5.74) is -0.105. The first-order chi connectivity index (χ1) is 7.56. The fraction of sp³-hybridized carbons (Fsp3) is 0.333. The molecule has 0 bridgehead atoms. The van der Waals surface area contributed by atoms with E-state index in [0.29, 0.717) is 27.3 Å². The predicted molar refractivity (Wildman–Crippen MR) is 65.7 cm³/mol. The van der Waals surface area contributed by atoms with Crippen molar-refractivity contribution < 1.29 is 9.66 Å². The van der Waals surface area contributed by atoms with Crippen LogP contribution < -0.4 is 0 Å². The number of nitrogens with zero attached hydrogens (tertiary/aromatic N) is 1. The number of non-ortho nitro benzene ring substituents is 1. The van der Waals surface area contributed by atoms with Gasteiger partial charge in [0.15, 0.2) is 0 Å². The zero-order valence-corrected chi connectivity index (χ0v) is 10.7. The van der Waals surface area contributed by atoms with Gasteiger partial charge in [-0.25, -0.2) is 0 Å². The Morgan fingerprint density at radius 1 is 1.44 bits per heavy atom. The van der Waals surface area contributed by atoms with Crippen LogP contribution in [0.2, 0.25) is 10.0 Å². The fourth-order valence-electron chi connectivity index (χ4n) is 1.02. The highest BCUT2D eigenvalue weighted by atomic mass is 35.5. The maximum atomic E-state index is 10.5. The first-order valence-corrected chi connectivity index (χ1v) is 6.05. The highest BCUT2D eigenvalue weighted by molar-refractivity contribution is 7.99. The number of hydrogen-bond acceptors (Lipinski definition) is 4. The summed E-state index contributed by atoms with van der Waals surface area (Å²) in [5.74, 6) is 0.688. The number of ether oxygens (including phenoxy) is 1. The molecule has 0 saturated heterocycles. The molecule has 0 fully saturated rings. The predicted octanol–water partition coefficient (Wildman–Crippen LogP) is 3.64. The van der Waals surface area contributed by atoms with Crippen molar-refractivity contribution >= 4 is 40.7 Å². The summed E-state index contributed by atoms with van der Waals surface area (Å²) in [6.45, 7) is 0.564. The molecule has 4 nitrogen and oxygen atoms in total. The molecule has 0 unspecified atom stereocenters. The van der Waals surface area contributed by atoms with Gasteiger partial charge in [0.25, 0.3) is 5.69 Å². The van der Waals surface area contributed by atoms with Gasteiger partial charge >= 0.3 is 0 Å². The van der Waals surface area contributed by atoms with Crippen molar-refractivity contribution in [2.45, 2.75) is 4.90 Å².